The quantitative estimate of drug-likeness (QED) is 0.394. The number of pyridine rings is 1. The maximum absolute atomic E-state index is 12.8. The molecule has 1 aromatic heterocycles. The maximum atomic E-state index is 12.8. The lowest BCUT2D eigenvalue weighted by Gasteiger charge is -2.15. The summed E-state index contributed by atoms with van der Waals surface area (Å²) in [5.74, 6) is -0.719. The number of carbonyl (C=O) groups excluding carboxylic acids is 1. The van der Waals surface area contributed by atoms with Crippen molar-refractivity contribution in [3.63, 3.8) is 0 Å². The summed E-state index contributed by atoms with van der Waals surface area (Å²) in [6, 6.07) is 15.3. The van der Waals surface area contributed by atoms with Gasteiger partial charge in [0.25, 0.3) is 5.91 Å². The Balaban J connectivity index is 1.71. The highest BCUT2D eigenvalue weighted by molar-refractivity contribution is 6.05. The molecule has 3 aromatic rings. The average Bonchev–Trinajstić information content (AvgIpc) is 2.74. The summed E-state index contributed by atoms with van der Waals surface area (Å²) in [7, 11) is 0. The van der Waals surface area contributed by atoms with Crippen LogP contribution in [0.5, 0.6) is 17.2 Å². The first kappa shape index (κ1) is 25.0. The first-order valence-electron chi connectivity index (χ1n) is 10.7. The first-order chi connectivity index (χ1) is 16.1. The zero-order valence-electron chi connectivity index (χ0n) is 19.0. The number of para-hydroxylation sites is 2. The summed E-state index contributed by atoms with van der Waals surface area (Å²) in [6.07, 6.45) is -4.20. The monoisotopic (exact) mass is 474 g/mol. The van der Waals surface area contributed by atoms with Crippen LogP contribution in [0.4, 0.5) is 18.9 Å². The number of halogens is 3. The van der Waals surface area contributed by atoms with Gasteiger partial charge in [-0.1, -0.05) is 18.2 Å². The Labute approximate surface area is 195 Å². The summed E-state index contributed by atoms with van der Waals surface area (Å²) in [5.41, 5.74) is 2.21. The number of nitrogens with zero attached hydrogens (tertiary/aromatic N) is 1. The maximum Gasteiger partial charge on any atom is 0.573 e. The van der Waals surface area contributed by atoms with E-state index in [1.54, 1.807) is 37.3 Å². The Bertz CT molecular complexity index is 1140. The molecule has 0 saturated carbocycles. The fraction of sp³-hybridized carbons (Fsp3) is 0.280. The van der Waals surface area contributed by atoms with E-state index in [0.29, 0.717) is 30.0 Å². The van der Waals surface area contributed by atoms with Gasteiger partial charge in [0.1, 0.15) is 5.75 Å². The van der Waals surface area contributed by atoms with Crippen molar-refractivity contribution in [3.8, 4) is 17.2 Å². The molecule has 1 unspecified atom stereocenters. The van der Waals surface area contributed by atoms with E-state index in [-0.39, 0.29) is 23.5 Å². The van der Waals surface area contributed by atoms with Crippen molar-refractivity contribution in [2.75, 3.05) is 11.9 Å². The minimum Gasteiger partial charge on any atom is -0.453 e. The van der Waals surface area contributed by atoms with Gasteiger partial charge in [-0.3, -0.25) is 9.78 Å². The molecular weight excluding hydrogens is 449 g/mol. The van der Waals surface area contributed by atoms with Crippen molar-refractivity contribution in [1.29, 1.82) is 0 Å². The molecule has 1 N–H and O–H groups in total. The van der Waals surface area contributed by atoms with Crippen LogP contribution in [0.25, 0.3) is 0 Å². The molecule has 1 heterocycles. The molecule has 0 saturated heterocycles. The fourth-order valence-electron chi connectivity index (χ4n) is 3.31. The Kier molecular flexibility index (Phi) is 8.12. The standard InChI is InChI=1S/C25H25F3N2O4/c1-4-32-16(2)14-19-12-13-21(17(3)29-19)24(31)30-18-8-7-9-20(15-18)33-22-10-5-6-11-23(22)34-25(26,27)28/h5-13,15-16H,4,14H2,1-3H3,(H,30,31). The second-order valence-corrected chi connectivity index (χ2v) is 7.48. The number of anilines is 1. The lowest BCUT2D eigenvalue weighted by molar-refractivity contribution is -0.275. The van der Waals surface area contributed by atoms with Gasteiger partial charge in [-0.15, -0.1) is 13.2 Å². The van der Waals surface area contributed by atoms with Gasteiger partial charge in [-0.25, -0.2) is 0 Å². The molecule has 1 atom stereocenters. The van der Waals surface area contributed by atoms with Gasteiger partial charge in [0.05, 0.1) is 17.4 Å². The third-order valence-electron chi connectivity index (χ3n) is 4.73. The molecule has 0 radical (unpaired) electrons. The van der Waals surface area contributed by atoms with E-state index in [9.17, 15) is 18.0 Å². The van der Waals surface area contributed by atoms with Gasteiger partial charge >= 0.3 is 6.36 Å². The lowest BCUT2D eigenvalue weighted by atomic mass is 10.1. The highest BCUT2D eigenvalue weighted by atomic mass is 19.4. The Morgan fingerprint density at radius 3 is 2.47 bits per heavy atom. The predicted octanol–water partition coefficient (Wildman–Crippen LogP) is 6.30. The normalized spacial score (nSPS) is 12.2. The van der Waals surface area contributed by atoms with E-state index in [4.69, 9.17) is 9.47 Å². The number of benzene rings is 2. The van der Waals surface area contributed by atoms with Crippen molar-refractivity contribution >= 4 is 11.6 Å². The number of amides is 1. The van der Waals surface area contributed by atoms with E-state index in [1.807, 2.05) is 13.8 Å². The highest BCUT2D eigenvalue weighted by Gasteiger charge is 2.32. The van der Waals surface area contributed by atoms with Crippen LogP contribution in [0.1, 0.15) is 35.6 Å². The zero-order valence-corrected chi connectivity index (χ0v) is 19.0. The molecule has 34 heavy (non-hydrogen) atoms. The molecule has 180 valence electrons. The molecular formula is C25H25F3N2O4. The number of nitrogens with one attached hydrogen (secondary N) is 1. The van der Waals surface area contributed by atoms with Crippen LogP contribution < -0.4 is 14.8 Å². The fourth-order valence-corrected chi connectivity index (χ4v) is 3.31. The average molecular weight is 474 g/mol. The van der Waals surface area contributed by atoms with Gasteiger partial charge in [0.15, 0.2) is 11.5 Å². The molecule has 9 heteroatoms. The van der Waals surface area contributed by atoms with Crippen molar-refractivity contribution in [1.82, 2.24) is 4.98 Å². The highest BCUT2D eigenvalue weighted by Crippen LogP contribution is 2.35. The summed E-state index contributed by atoms with van der Waals surface area (Å²) in [4.78, 5) is 17.3. The van der Waals surface area contributed by atoms with Crippen LogP contribution in [-0.4, -0.2) is 30.0 Å². The largest absolute Gasteiger partial charge is 0.573 e. The molecule has 0 aliphatic rings. The third-order valence-corrected chi connectivity index (χ3v) is 4.73. The topological polar surface area (TPSA) is 69.7 Å². The first-order valence-corrected chi connectivity index (χ1v) is 10.7. The predicted molar refractivity (Wildman–Crippen MR) is 121 cm³/mol. The molecule has 3 rings (SSSR count). The van der Waals surface area contributed by atoms with Gasteiger partial charge in [0, 0.05) is 30.5 Å². The van der Waals surface area contributed by atoms with Crippen molar-refractivity contribution in [2.45, 2.75) is 39.7 Å². The number of hydrogen-bond donors (Lipinski definition) is 1. The van der Waals surface area contributed by atoms with Gasteiger partial charge in [-0.2, -0.15) is 0 Å². The smallest absolute Gasteiger partial charge is 0.453 e. The molecule has 0 aliphatic carbocycles. The van der Waals surface area contributed by atoms with Crippen LogP contribution in [0, 0.1) is 6.92 Å². The Hall–Kier alpha value is -3.59. The molecule has 0 bridgehead atoms. The number of aromatic nitrogens is 1. The number of hydrogen-bond acceptors (Lipinski definition) is 5. The van der Waals surface area contributed by atoms with Gasteiger partial charge < -0.3 is 19.5 Å². The van der Waals surface area contributed by atoms with Crippen LogP contribution in [0.3, 0.4) is 0 Å². The Morgan fingerprint density at radius 1 is 1.06 bits per heavy atom. The van der Waals surface area contributed by atoms with Gasteiger partial charge in [0.2, 0.25) is 0 Å². The number of ether oxygens (including phenoxy) is 3. The molecule has 6 nitrogen and oxygen atoms in total. The second kappa shape index (κ2) is 11.0. The van der Waals surface area contributed by atoms with Crippen molar-refractivity contribution in [3.05, 3.63) is 77.6 Å². The molecule has 0 spiro atoms. The summed E-state index contributed by atoms with van der Waals surface area (Å²) >= 11 is 0. The molecule has 1 amide bonds. The number of alkyl halides is 3. The number of rotatable bonds is 9. The summed E-state index contributed by atoms with van der Waals surface area (Å²) in [6.45, 7) is 6.26. The number of aryl methyl sites for hydroxylation is 1. The van der Waals surface area contributed by atoms with Crippen LogP contribution in [0.2, 0.25) is 0 Å². The number of carbonyl (C=O) groups is 1. The third kappa shape index (κ3) is 7.21. The van der Waals surface area contributed by atoms with Crippen molar-refractivity contribution < 1.29 is 32.2 Å². The second-order valence-electron chi connectivity index (χ2n) is 7.48. The zero-order chi connectivity index (χ0) is 24.7. The van der Waals surface area contributed by atoms with Crippen LogP contribution in [0.15, 0.2) is 60.7 Å². The van der Waals surface area contributed by atoms with Gasteiger partial charge in [-0.05, 0) is 57.2 Å². The van der Waals surface area contributed by atoms with Crippen LogP contribution in [-0.2, 0) is 11.2 Å². The van der Waals surface area contributed by atoms with Crippen LogP contribution >= 0.6 is 0 Å². The minimum atomic E-state index is -4.85. The van der Waals surface area contributed by atoms with E-state index < -0.39 is 12.1 Å². The van der Waals surface area contributed by atoms with E-state index >= 15 is 0 Å². The van der Waals surface area contributed by atoms with E-state index in [2.05, 4.69) is 15.0 Å². The molecule has 2 aromatic carbocycles. The summed E-state index contributed by atoms with van der Waals surface area (Å²) < 4.78 is 53.1. The minimum absolute atomic E-state index is 0.0194. The molecule has 0 fully saturated rings. The van der Waals surface area contributed by atoms with Crippen molar-refractivity contribution in [2.24, 2.45) is 0 Å². The SMILES string of the molecule is CCOC(C)Cc1ccc(C(=O)Nc2cccc(Oc3ccccc3OC(F)(F)F)c2)c(C)n1. The lowest BCUT2D eigenvalue weighted by Crippen LogP contribution is -2.17. The van der Waals surface area contributed by atoms with E-state index in [1.165, 1.54) is 24.3 Å². The van der Waals surface area contributed by atoms with E-state index in [0.717, 1.165) is 11.8 Å². The summed E-state index contributed by atoms with van der Waals surface area (Å²) in [5, 5.41) is 2.76. The Morgan fingerprint density at radius 2 is 1.79 bits per heavy atom. The molecule has 0 aliphatic heterocycles.